The van der Waals surface area contributed by atoms with Gasteiger partial charge in [-0.25, -0.2) is 4.98 Å². The van der Waals surface area contributed by atoms with Gasteiger partial charge >= 0.3 is 0 Å². The Kier molecular flexibility index (Phi) is 3.88. The van der Waals surface area contributed by atoms with E-state index >= 15 is 0 Å². The van der Waals surface area contributed by atoms with E-state index in [2.05, 4.69) is 21.3 Å². The van der Waals surface area contributed by atoms with Gasteiger partial charge < -0.3 is 5.32 Å². The number of aryl methyl sites for hydroxylation is 1. The Morgan fingerprint density at radius 3 is 3.31 bits per heavy atom. The van der Waals surface area contributed by atoms with Gasteiger partial charge in [-0.1, -0.05) is 0 Å². The van der Waals surface area contributed by atoms with Crippen molar-refractivity contribution in [3.05, 3.63) is 16.1 Å². The molecular weight excluding hydrogens is 220 g/mol. The molecule has 4 nitrogen and oxygen atoms in total. The zero-order valence-electron chi connectivity index (χ0n) is 9.44. The molecule has 2 rings (SSSR count). The Morgan fingerprint density at radius 1 is 1.75 bits per heavy atom. The number of aromatic nitrogens is 1. The number of thiazole rings is 1. The smallest absolute Gasteiger partial charge is 0.110 e. The Labute approximate surface area is 99.9 Å². The topological polar surface area (TPSA) is 52.0 Å². The summed E-state index contributed by atoms with van der Waals surface area (Å²) in [7, 11) is 0. The molecule has 5 heteroatoms. The van der Waals surface area contributed by atoms with Crippen molar-refractivity contribution in [2.45, 2.75) is 19.4 Å². The van der Waals surface area contributed by atoms with Gasteiger partial charge in [-0.05, 0) is 13.3 Å². The van der Waals surface area contributed by atoms with Crippen molar-refractivity contribution in [2.24, 2.45) is 0 Å². The van der Waals surface area contributed by atoms with Crippen LogP contribution in [0.4, 0.5) is 0 Å². The minimum Gasteiger partial charge on any atom is -0.313 e. The second-order valence-electron chi connectivity index (χ2n) is 4.00. The molecule has 0 aliphatic carbocycles. The molecular formula is C11H16N4S. The Bertz CT molecular complexity index is 382. The van der Waals surface area contributed by atoms with Gasteiger partial charge in [0.15, 0.2) is 0 Å². The van der Waals surface area contributed by atoms with Gasteiger partial charge in [0.25, 0.3) is 0 Å². The molecule has 1 aromatic heterocycles. The molecule has 0 bridgehead atoms. The predicted octanol–water partition coefficient (Wildman–Crippen LogP) is 0.791. The maximum Gasteiger partial charge on any atom is 0.110 e. The first-order chi connectivity index (χ1) is 7.81. The average molecular weight is 236 g/mol. The Balaban J connectivity index is 1.89. The van der Waals surface area contributed by atoms with Crippen LogP contribution in [0.3, 0.4) is 0 Å². The highest BCUT2D eigenvalue weighted by molar-refractivity contribution is 7.09. The summed E-state index contributed by atoms with van der Waals surface area (Å²) >= 11 is 1.71. The van der Waals surface area contributed by atoms with Crippen molar-refractivity contribution in [3.8, 4) is 6.07 Å². The summed E-state index contributed by atoms with van der Waals surface area (Å²) in [6.07, 6.45) is 1.01. The van der Waals surface area contributed by atoms with Crippen LogP contribution >= 0.6 is 11.3 Å². The maximum atomic E-state index is 9.03. The highest BCUT2D eigenvalue weighted by Gasteiger charge is 2.21. The first-order valence-corrected chi connectivity index (χ1v) is 6.42. The maximum absolute atomic E-state index is 9.03. The molecule has 1 saturated heterocycles. The van der Waals surface area contributed by atoms with E-state index in [1.165, 1.54) is 4.88 Å². The fraction of sp³-hybridized carbons (Fsp3) is 0.636. The number of rotatable bonds is 3. The molecule has 1 aliphatic rings. The van der Waals surface area contributed by atoms with Crippen LogP contribution in [0, 0.1) is 18.3 Å². The molecule has 16 heavy (non-hydrogen) atoms. The molecule has 1 atom stereocenters. The van der Waals surface area contributed by atoms with Crippen molar-refractivity contribution >= 4 is 11.3 Å². The molecule has 0 saturated carbocycles. The van der Waals surface area contributed by atoms with Crippen LogP contribution in [0.25, 0.3) is 0 Å². The van der Waals surface area contributed by atoms with Crippen LogP contribution in [0.5, 0.6) is 0 Å². The minimum absolute atomic E-state index is 0.0296. The van der Waals surface area contributed by atoms with Crippen molar-refractivity contribution in [3.63, 3.8) is 0 Å². The Hall–Kier alpha value is -0.960. The molecule has 1 fully saturated rings. The largest absolute Gasteiger partial charge is 0.313 e. The number of hydrogen-bond acceptors (Lipinski definition) is 5. The first-order valence-electron chi connectivity index (χ1n) is 5.54. The second-order valence-corrected chi connectivity index (χ2v) is 4.94. The molecule has 0 spiro atoms. The minimum atomic E-state index is 0.0296. The van der Waals surface area contributed by atoms with Crippen LogP contribution in [-0.2, 0) is 6.42 Å². The fourth-order valence-corrected chi connectivity index (χ4v) is 2.72. The van der Waals surface area contributed by atoms with Gasteiger partial charge in [-0.15, -0.1) is 11.3 Å². The molecule has 0 amide bonds. The molecule has 0 aromatic carbocycles. The lowest BCUT2D eigenvalue weighted by molar-refractivity contribution is 0.200. The van der Waals surface area contributed by atoms with Crippen molar-refractivity contribution < 1.29 is 0 Å². The monoisotopic (exact) mass is 236 g/mol. The van der Waals surface area contributed by atoms with Crippen LogP contribution < -0.4 is 5.32 Å². The van der Waals surface area contributed by atoms with Gasteiger partial charge in [0.05, 0.1) is 17.3 Å². The fourth-order valence-electron chi connectivity index (χ4n) is 1.95. The molecule has 2 heterocycles. The van der Waals surface area contributed by atoms with Gasteiger partial charge in [0.1, 0.15) is 6.04 Å². The lowest BCUT2D eigenvalue weighted by Gasteiger charge is -2.31. The van der Waals surface area contributed by atoms with Crippen molar-refractivity contribution in [1.82, 2.24) is 15.2 Å². The summed E-state index contributed by atoms with van der Waals surface area (Å²) < 4.78 is 0. The van der Waals surface area contributed by atoms with E-state index in [9.17, 15) is 0 Å². The van der Waals surface area contributed by atoms with Crippen molar-refractivity contribution in [1.29, 1.82) is 5.26 Å². The second kappa shape index (κ2) is 5.39. The standard InChI is InChI=1S/C11H16N4S/c1-9-11(16-8-14-9)2-4-15-5-3-13-7-10(15)6-12/h8,10,13H,2-5,7H2,1H3. The van der Waals surface area contributed by atoms with Crippen LogP contribution in [-0.4, -0.2) is 42.1 Å². The summed E-state index contributed by atoms with van der Waals surface area (Å²) in [6.45, 7) is 5.75. The Morgan fingerprint density at radius 2 is 2.62 bits per heavy atom. The molecule has 1 aliphatic heterocycles. The SMILES string of the molecule is Cc1ncsc1CCN1CCNCC1C#N. The summed E-state index contributed by atoms with van der Waals surface area (Å²) in [4.78, 5) is 7.84. The number of piperazine rings is 1. The van der Waals surface area contributed by atoms with Crippen LogP contribution in [0.2, 0.25) is 0 Å². The van der Waals surface area contributed by atoms with Crippen LogP contribution in [0.15, 0.2) is 5.51 Å². The number of hydrogen-bond donors (Lipinski definition) is 1. The highest BCUT2D eigenvalue weighted by Crippen LogP contribution is 2.14. The van der Waals surface area contributed by atoms with Crippen molar-refractivity contribution in [2.75, 3.05) is 26.2 Å². The molecule has 1 aromatic rings. The summed E-state index contributed by atoms with van der Waals surface area (Å²) in [6, 6.07) is 2.38. The lowest BCUT2D eigenvalue weighted by Crippen LogP contribution is -2.51. The summed E-state index contributed by atoms with van der Waals surface area (Å²) in [5.74, 6) is 0. The third-order valence-corrected chi connectivity index (χ3v) is 3.97. The van der Waals surface area contributed by atoms with Gasteiger partial charge in [0, 0.05) is 31.1 Å². The van der Waals surface area contributed by atoms with Gasteiger partial charge in [0.2, 0.25) is 0 Å². The highest BCUT2D eigenvalue weighted by atomic mass is 32.1. The molecule has 1 unspecified atom stereocenters. The zero-order chi connectivity index (χ0) is 11.4. The third kappa shape index (κ3) is 2.59. The molecule has 0 radical (unpaired) electrons. The van der Waals surface area contributed by atoms with E-state index in [0.717, 1.165) is 38.3 Å². The number of nitrogens with zero attached hydrogens (tertiary/aromatic N) is 3. The predicted molar refractivity (Wildman–Crippen MR) is 64.4 cm³/mol. The first kappa shape index (κ1) is 11.5. The number of nitriles is 1. The quantitative estimate of drug-likeness (QED) is 0.843. The summed E-state index contributed by atoms with van der Waals surface area (Å²) in [5, 5.41) is 12.3. The number of nitrogens with one attached hydrogen (secondary N) is 1. The normalized spacial score (nSPS) is 21.9. The van der Waals surface area contributed by atoms with Gasteiger partial charge in [-0.2, -0.15) is 5.26 Å². The van der Waals surface area contributed by atoms with Crippen LogP contribution in [0.1, 0.15) is 10.6 Å². The average Bonchev–Trinajstić information content (AvgIpc) is 2.72. The van der Waals surface area contributed by atoms with E-state index in [0.29, 0.717) is 0 Å². The van der Waals surface area contributed by atoms with E-state index in [1.807, 2.05) is 12.4 Å². The van der Waals surface area contributed by atoms with E-state index in [1.54, 1.807) is 11.3 Å². The third-order valence-electron chi connectivity index (χ3n) is 2.97. The molecule has 86 valence electrons. The van der Waals surface area contributed by atoms with E-state index in [4.69, 9.17) is 5.26 Å². The molecule has 1 N–H and O–H groups in total. The van der Waals surface area contributed by atoms with Gasteiger partial charge in [-0.3, -0.25) is 4.90 Å². The van der Waals surface area contributed by atoms with E-state index in [-0.39, 0.29) is 6.04 Å². The summed E-state index contributed by atoms with van der Waals surface area (Å²) in [5.41, 5.74) is 3.03. The zero-order valence-corrected chi connectivity index (χ0v) is 10.3. The lowest BCUT2D eigenvalue weighted by atomic mass is 10.2. The van der Waals surface area contributed by atoms with E-state index < -0.39 is 0 Å².